The van der Waals surface area contributed by atoms with E-state index < -0.39 is 11.6 Å². The van der Waals surface area contributed by atoms with Gasteiger partial charge in [-0.05, 0) is 70.4 Å². The molecule has 2 rings (SSSR count). The van der Waals surface area contributed by atoms with Crippen LogP contribution in [0.2, 0.25) is 0 Å². The van der Waals surface area contributed by atoms with Crippen LogP contribution < -0.4 is 14.8 Å². The third-order valence-corrected chi connectivity index (χ3v) is 5.08. The summed E-state index contributed by atoms with van der Waals surface area (Å²) in [4.78, 5) is 27.9. The first-order valence-corrected chi connectivity index (χ1v) is 11.0. The van der Waals surface area contributed by atoms with Crippen molar-refractivity contribution in [3.05, 3.63) is 59.2 Å². The van der Waals surface area contributed by atoms with Crippen LogP contribution in [0.25, 0.3) is 0 Å². The number of amides is 2. The van der Waals surface area contributed by atoms with Crippen molar-refractivity contribution >= 4 is 11.8 Å². The molecule has 1 atom stereocenters. The van der Waals surface area contributed by atoms with Crippen molar-refractivity contribution in [1.82, 2.24) is 10.2 Å². The van der Waals surface area contributed by atoms with Gasteiger partial charge in [-0.2, -0.15) is 0 Å². The molecule has 0 saturated heterocycles. The first kappa shape index (κ1) is 25.2. The highest BCUT2D eigenvalue weighted by atomic mass is 16.5. The lowest BCUT2D eigenvalue weighted by Gasteiger charge is -2.33. The van der Waals surface area contributed by atoms with E-state index >= 15 is 0 Å². The molecule has 6 nitrogen and oxygen atoms in total. The summed E-state index contributed by atoms with van der Waals surface area (Å²) in [6.45, 7) is 11.8. The zero-order valence-electron chi connectivity index (χ0n) is 20.3. The third-order valence-electron chi connectivity index (χ3n) is 5.08. The van der Waals surface area contributed by atoms with Gasteiger partial charge in [0.05, 0.1) is 7.11 Å². The van der Waals surface area contributed by atoms with Crippen molar-refractivity contribution in [1.29, 1.82) is 0 Å². The monoisotopic (exact) mass is 440 g/mol. The first-order valence-electron chi connectivity index (χ1n) is 11.0. The van der Waals surface area contributed by atoms with Crippen LogP contribution in [0, 0.1) is 13.8 Å². The molecule has 0 aromatic heterocycles. The minimum Gasteiger partial charge on any atom is -0.497 e. The standard InChI is InChI=1S/C26H36N2O4/c1-8-22(25(30)27-26(4,5)6)28(16-20-10-12-21(31-7)13-11-20)24(29)17-32-23-14-9-18(2)15-19(23)3/h9-15,22H,8,16-17H2,1-7H3,(H,27,30). The van der Waals surface area contributed by atoms with Gasteiger partial charge in [-0.3, -0.25) is 9.59 Å². The van der Waals surface area contributed by atoms with Crippen molar-refractivity contribution in [2.75, 3.05) is 13.7 Å². The molecule has 2 amide bonds. The number of ether oxygens (including phenoxy) is 2. The lowest BCUT2D eigenvalue weighted by Crippen LogP contribution is -2.54. The third kappa shape index (κ3) is 7.29. The second kappa shape index (κ2) is 11.0. The second-order valence-corrected chi connectivity index (χ2v) is 9.09. The van der Waals surface area contributed by atoms with Crippen LogP contribution in [-0.4, -0.2) is 42.0 Å². The minimum atomic E-state index is -0.605. The van der Waals surface area contributed by atoms with Crippen molar-refractivity contribution in [3.63, 3.8) is 0 Å². The van der Waals surface area contributed by atoms with Gasteiger partial charge in [0.2, 0.25) is 5.91 Å². The molecule has 0 fully saturated rings. The molecule has 6 heteroatoms. The van der Waals surface area contributed by atoms with Gasteiger partial charge >= 0.3 is 0 Å². The molecular formula is C26H36N2O4. The fourth-order valence-electron chi connectivity index (χ4n) is 3.48. The Bertz CT molecular complexity index is 916. The zero-order chi connectivity index (χ0) is 23.9. The van der Waals surface area contributed by atoms with Crippen LogP contribution in [0.3, 0.4) is 0 Å². The van der Waals surface area contributed by atoms with Crippen molar-refractivity contribution in [2.45, 2.75) is 66.1 Å². The lowest BCUT2D eigenvalue weighted by atomic mass is 10.1. The van der Waals surface area contributed by atoms with E-state index in [1.165, 1.54) is 0 Å². The Morgan fingerprint density at radius 3 is 2.25 bits per heavy atom. The number of methoxy groups -OCH3 is 1. The number of hydrogen-bond acceptors (Lipinski definition) is 4. The van der Waals surface area contributed by atoms with Gasteiger partial charge in [-0.15, -0.1) is 0 Å². The lowest BCUT2D eigenvalue weighted by molar-refractivity contribution is -0.143. The van der Waals surface area contributed by atoms with E-state index in [-0.39, 0.29) is 18.4 Å². The van der Waals surface area contributed by atoms with Crippen LogP contribution in [0.1, 0.15) is 50.8 Å². The molecule has 0 aliphatic carbocycles. The van der Waals surface area contributed by atoms with Crippen molar-refractivity contribution in [3.8, 4) is 11.5 Å². The van der Waals surface area contributed by atoms with Crippen LogP contribution in [-0.2, 0) is 16.1 Å². The van der Waals surface area contributed by atoms with Gasteiger partial charge in [0.1, 0.15) is 17.5 Å². The molecule has 2 aromatic rings. The number of aryl methyl sites for hydroxylation is 2. The summed E-state index contributed by atoms with van der Waals surface area (Å²) in [6, 6.07) is 12.7. The molecule has 0 radical (unpaired) electrons. The van der Waals surface area contributed by atoms with Gasteiger partial charge in [-0.1, -0.05) is 36.8 Å². The molecule has 1 unspecified atom stereocenters. The summed E-state index contributed by atoms with van der Waals surface area (Å²) in [7, 11) is 1.61. The van der Waals surface area contributed by atoms with Gasteiger partial charge in [0, 0.05) is 12.1 Å². The first-order chi connectivity index (χ1) is 15.0. The Morgan fingerprint density at radius 1 is 1.06 bits per heavy atom. The van der Waals surface area contributed by atoms with Crippen molar-refractivity contribution in [2.24, 2.45) is 0 Å². The quantitative estimate of drug-likeness (QED) is 0.627. The molecular weight excluding hydrogens is 404 g/mol. The summed E-state index contributed by atoms with van der Waals surface area (Å²) < 4.78 is 11.1. The van der Waals surface area contributed by atoms with E-state index in [1.807, 2.05) is 84.0 Å². The average Bonchev–Trinajstić information content (AvgIpc) is 2.72. The van der Waals surface area contributed by atoms with Crippen LogP contribution in [0.15, 0.2) is 42.5 Å². The Kier molecular flexibility index (Phi) is 8.70. The number of nitrogens with zero attached hydrogens (tertiary/aromatic N) is 1. The predicted molar refractivity (Wildman–Crippen MR) is 127 cm³/mol. The average molecular weight is 441 g/mol. The number of benzene rings is 2. The number of carbonyl (C=O) groups is 2. The van der Waals surface area contributed by atoms with Gasteiger partial charge < -0.3 is 19.7 Å². The molecule has 0 bridgehead atoms. The molecule has 0 aliphatic heterocycles. The maximum atomic E-state index is 13.3. The SMILES string of the molecule is CCC(C(=O)NC(C)(C)C)N(Cc1ccc(OC)cc1)C(=O)COc1ccc(C)cc1C. The number of rotatable bonds is 9. The molecule has 0 spiro atoms. The van der Waals surface area contributed by atoms with E-state index in [9.17, 15) is 9.59 Å². The summed E-state index contributed by atoms with van der Waals surface area (Å²) in [5, 5.41) is 3.01. The normalized spacial score (nSPS) is 12.1. The molecule has 1 N–H and O–H groups in total. The highest BCUT2D eigenvalue weighted by Gasteiger charge is 2.31. The fraction of sp³-hybridized carbons (Fsp3) is 0.462. The van der Waals surface area contributed by atoms with Gasteiger partial charge in [0.25, 0.3) is 5.91 Å². The summed E-state index contributed by atoms with van der Waals surface area (Å²) in [6.07, 6.45) is 0.493. The summed E-state index contributed by atoms with van der Waals surface area (Å²) in [5.74, 6) is 0.993. The molecule has 32 heavy (non-hydrogen) atoms. The second-order valence-electron chi connectivity index (χ2n) is 9.09. The van der Waals surface area contributed by atoms with Crippen molar-refractivity contribution < 1.29 is 19.1 Å². The molecule has 174 valence electrons. The highest BCUT2D eigenvalue weighted by Crippen LogP contribution is 2.20. The molecule has 0 heterocycles. The van der Waals surface area contributed by atoms with E-state index in [0.29, 0.717) is 18.7 Å². The molecule has 0 aliphatic rings. The van der Waals surface area contributed by atoms with Gasteiger partial charge in [-0.25, -0.2) is 0 Å². The Hall–Kier alpha value is -3.02. The minimum absolute atomic E-state index is 0.140. The Morgan fingerprint density at radius 2 is 1.72 bits per heavy atom. The van der Waals surface area contributed by atoms with E-state index in [4.69, 9.17) is 9.47 Å². The Balaban J connectivity index is 2.25. The maximum absolute atomic E-state index is 13.3. The van der Waals surface area contributed by atoms with Crippen LogP contribution >= 0.6 is 0 Å². The summed E-state index contributed by atoms with van der Waals surface area (Å²) >= 11 is 0. The fourth-order valence-corrected chi connectivity index (χ4v) is 3.48. The van der Waals surface area contributed by atoms with E-state index in [0.717, 1.165) is 22.4 Å². The predicted octanol–water partition coefficient (Wildman–Crippen LogP) is 4.41. The molecule has 2 aromatic carbocycles. The van der Waals surface area contributed by atoms with Gasteiger partial charge in [0.15, 0.2) is 6.61 Å². The van der Waals surface area contributed by atoms with Crippen LogP contribution in [0.4, 0.5) is 0 Å². The number of hydrogen-bond donors (Lipinski definition) is 1. The molecule has 0 saturated carbocycles. The number of carbonyl (C=O) groups excluding carboxylic acids is 2. The zero-order valence-corrected chi connectivity index (χ0v) is 20.3. The van der Waals surface area contributed by atoms with E-state index in [2.05, 4.69) is 5.32 Å². The Labute approximate surface area is 191 Å². The topological polar surface area (TPSA) is 67.9 Å². The maximum Gasteiger partial charge on any atom is 0.261 e. The van der Waals surface area contributed by atoms with Crippen LogP contribution in [0.5, 0.6) is 11.5 Å². The largest absolute Gasteiger partial charge is 0.497 e. The number of nitrogens with one attached hydrogen (secondary N) is 1. The summed E-state index contributed by atoms with van der Waals surface area (Å²) in [5.41, 5.74) is 2.62. The van der Waals surface area contributed by atoms with E-state index in [1.54, 1.807) is 12.0 Å². The smallest absolute Gasteiger partial charge is 0.261 e. The highest BCUT2D eigenvalue weighted by molar-refractivity contribution is 5.88.